The zero-order chi connectivity index (χ0) is 13.2. The molecule has 0 spiro atoms. The van der Waals surface area contributed by atoms with Crippen molar-refractivity contribution in [2.24, 2.45) is 0 Å². The topological polar surface area (TPSA) is 38.8 Å². The molecule has 96 valence electrons. The van der Waals surface area contributed by atoms with Gasteiger partial charge in [0.25, 0.3) is 5.91 Å². The summed E-state index contributed by atoms with van der Waals surface area (Å²) in [6.07, 6.45) is 1.73. The molecule has 0 aromatic heterocycles. The third-order valence-electron chi connectivity index (χ3n) is 2.88. The smallest absolute Gasteiger partial charge is 0.274 e. The van der Waals surface area contributed by atoms with Gasteiger partial charge in [-0.1, -0.05) is 23.9 Å². The maximum absolute atomic E-state index is 12.3. The molecule has 1 unspecified atom stereocenters. The monoisotopic (exact) mass is 265 g/mol. The van der Waals surface area contributed by atoms with Crippen LogP contribution in [0.3, 0.4) is 0 Å². The predicted molar refractivity (Wildman–Crippen MR) is 71.2 cm³/mol. The number of benzene rings is 1. The van der Waals surface area contributed by atoms with E-state index in [1.807, 2.05) is 29.7 Å². The number of nitrogens with zero attached hydrogens (tertiary/aromatic N) is 1. The molecule has 1 amide bonds. The van der Waals surface area contributed by atoms with Gasteiger partial charge < -0.3 is 14.4 Å². The summed E-state index contributed by atoms with van der Waals surface area (Å²) in [7, 11) is 4.87. The first-order valence-corrected chi connectivity index (χ1v) is 6.33. The molecule has 1 aliphatic rings. The number of hydrogen-bond donors (Lipinski definition) is 0. The van der Waals surface area contributed by atoms with Crippen molar-refractivity contribution in [3.63, 3.8) is 0 Å². The largest absolute Gasteiger partial charge is 0.497 e. The van der Waals surface area contributed by atoms with E-state index in [2.05, 4.69) is 0 Å². The normalized spacial score (nSPS) is 23.3. The molecular weight excluding hydrogens is 250 g/mol. The van der Waals surface area contributed by atoms with E-state index >= 15 is 0 Å². The van der Waals surface area contributed by atoms with Crippen LogP contribution in [0.5, 0.6) is 5.75 Å². The van der Waals surface area contributed by atoms with Crippen molar-refractivity contribution in [1.29, 1.82) is 0 Å². The van der Waals surface area contributed by atoms with Crippen LogP contribution >= 0.6 is 11.8 Å². The highest BCUT2D eigenvalue weighted by molar-refractivity contribution is 8.03. The van der Waals surface area contributed by atoms with E-state index in [-0.39, 0.29) is 5.91 Å². The number of methoxy groups -OCH3 is 2. The minimum Gasteiger partial charge on any atom is -0.497 e. The fourth-order valence-electron chi connectivity index (χ4n) is 1.82. The Balaban J connectivity index is 2.43. The molecule has 0 bridgehead atoms. The SMILES string of the molecule is COc1ccc(C2(OC)SC=CN(C)C2=O)cc1. The van der Waals surface area contributed by atoms with Gasteiger partial charge in [0, 0.05) is 25.9 Å². The van der Waals surface area contributed by atoms with Gasteiger partial charge in [-0.2, -0.15) is 0 Å². The lowest BCUT2D eigenvalue weighted by Gasteiger charge is -2.35. The summed E-state index contributed by atoms with van der Waals surface area (Å²) in [5, 5.41) is 1.86. The van der Waals surface area contributed by atoms with Crippen molar-refractivity contribution in [2.75, 3.05) is 21.3 Å². The molecule has 1 aliphatic heterocycles. The molecule has 4 nitrogen and oxygen atoms in total. The number of rotatable bonds is 3. The van der Waals surface area contributed by atoms with Crippen LogP contribution in [0.25, 0.3) is 0 Å². The number of hydrogen-bond acceptors (Lipinski definition) is 4. The van der Waals surface area contributed by atoms with E-state index in [9.17, 15) is 4.79 Å². The Kier molecular flexibility index (Phi) is 3.63. The van der Waals surface area contributed by atoms with Crippen molar-refractivity contribution < 1.29 is 14.3 Å². The highest BCUT2D eigenvalue weighted by atomic mass is 32.2. The third-order valence-corrected chi connectivity index (χ3v) is 4.04. The van der Waals surface area contributed by atoms with E-state index in [4.69, 9.17) is 9.47 Å². The fraction of sp³-hybridized carbons (Fsp3) is 0.308. The highest BCUT2D eigenvalue weighted by Gasteiger charge is 2.44. The van der Waals surface area contributed by atoms with Crippen LogP contribution in [-0.4, -0.2) is 32.1 Å². The van der Waals surface area contributed by atoms with Gasteiger partial charge >= 0.3 is 0 Å². The Morgan fingerprint density at radius 3 is 2.44 bits per heavy atom. The lowest BCUT2D eigenvalue weighted by Crippen LogP contribution is -2.44. The first kappa shape index (κ1) is 13.0. The summed E-state index contributed by atoms with van der Waals surface area (Å²) in [4.78, 5) is 12.9. The summed E-state index contributed by atoms with van der Waals surface area (Å²) in [6, 6.07) is 7.34. The molecule has 0 saturated carbocycles. The predicted octanol–water partition coefficient (Wildman–Crippen LogP) is 2.17. The van der Waals surface area contributed by atoms with E-state index in [1.165, 1.54) is 16.7 Å². The number of ether oxygens (including phenoxy) is 2. The van der Waals surface area contributed by atoms with Gasteiger partial charge in [-0.3, -0.25) is 4.79 Å². The van der Waals surface area contributed by atoms with Crippen LogP contribution in [0.2, 0.25) is 0 Å². The van der Waals surface area contributed by atoms with Crippen molar-refractivity contribution in [3.05, 3.63) is 41.4 Å². The second-order valence-electron chi connectivity index (χ2n) is 3.87. The van der Waals surface area contributed by atoms with Gasteiger partial charge in [0.1, 0.15) is 5.75 Å². The molecule has 5 heteroatoms. The summed E-state index contributed by atoms with van der Waals surface area (Å²) in [5.41, 5.74) is 0.803. The Bertz CT molecular complexity index is 472. The number of carbonyl (C=O) groups excluding carboxylic acids is 1. The summed E-state index contributed by atoms with van der Waals surface area (Å²) in [6.45, 7) is 0. The maximum atomic E-state index is 12.3. The Labute approximate surface area is 111 Å². The molecule has 1 atom stereocenters. The highest BCUT2D eigenvalue weighted by Crippen LogP contribution is 2.42. The van der Waals surface area contributed by atoms with Crippen LogP contribution in [0.4, 0.5) is 0 Å². The summed E-state index contributed by atoms with van der Waals surface area (Å²) >= 11 is 1.35. The average molecular weight is 265 g/mol. The van der Waals surface area contributed by atoms with Crippen molar-refractivity contribution in [3.8, 4) is 5.75 Å². The van der Waals surface area contributed by atoms with Gasteiger partial charge in [-0.15, -0.1) is 0 Å². The van der Waals surface area contributed by atoms with Gasteiger partial charge in [0.2, 0.25) is 4.93 Å². The zero-order valence-electron chi connectivity index (χ0n) is 10.5. The number of carbonyl (C=O) groups is 1. The second-order valence-corrected chi connectivity index (χ2v) is 4.95. The first-order valence-electron chi connectivity index (χ1n) is 5.45. The molecule has 2 rings (SSSR count). The van der Waals surface area contributed by atoms with Crippen LogP contribution in [0.15, 0.2) is 35.9 Å². The molecule has 1 heterocycles. The van der Waals surface area contributed by atoms with Gasteiger partial charge in [-0.05, 0) is 17.5 Å². The van der Waals surface area contributed by atoms with Crippen LogP contribution < -0.4 is 4.74 Å². The molecule has 0 aliphatic carbocycles. The van der Waals surface area contributed by atoms with Crippen LogP contribution in [-0.2, 0) is 14.5 Å². The van der Waals surface area contributed by atoms with E-state index in [0.717, 1.165) is 11.3 Å². The molecule has 0 fully saturated rings. The summed E-state index contributed by atoms with van der Waals surface area (Å²) < 4.78 is 10.6. The molecular formula is C13H15NO3S. The van der Waals surface area contributed by atoms with Gasteiger partial charge in [0.15, 0.2) is 0 Å². The minimum absolute atomic E-state index is 0.0948. The number of amides is 1. The zero-order valence-corrected chi connectivity index (χ0v) is 11.4. The maximum Gasteiger partial charge on any atom is 0.274 e. The van der Waals surface area contributed by atoms with Gasteiger partial charge in [0.05, 0.1) is 7.11 Å². The second kappa shape index (κ2) is 5.04. The molecule has 1 aromatic carbocycles. The molecule has 0 radical (unpaired) electrons. The standard InChI is InChI=1S/C13H15NO3S/c1-14-8-9-18-13(17-3,12(14)15)10-4-6-11(16-2)7-5-10/h4-9H,1-3H3. The molecule has 0 N–H and O–H groups in total. The average Bonchev–Trinajstić information content (AvgIpc) is 2.42. The lowest BCUT2D eigenvalue weighted by atomic mass is 10.1. The molecule has 0 saturated heterocycles. The molecule has 18 heavy (non-hydrogen) atoms. The van der Waals surface area contributed by atoms with E-state index in [0.29, 0.717) is 0 Å². The number of likely N-dealkylation sites (N-methyl/N-ethyl adjacent to an activating group) is 1. The van der Waals surface area contributed by atoms with Crippen molar-refractivity contribution in [1.82, 2.24) is 4.90 Å². The van der Waals surface area contributed by atoms with Crippen molar-refractivity contribution >= 4 is 17.7 Å². The fourth-order valence-corrected chi connectivity index (χ4v) is 2.87. The van der Waals surface area contributed by atoms with Crippen LogP contribution in [0.1, 0.15) is 5.56 Å². The summed E-state index contributed by atoms with van der Waals surface area (Å²) in [5.74, 6) is 0.657. The Hall–Kier alpha value is -1.46. The Morgan fingerprint density at radius 2 is 1.89 bits per heavy atom. The van der Waals surface area contributed by atoms with E-state index < -0.39 is 4.93 Å². The molecule has 1 aromatic rings. The van der Waals surface area contributed by atoms with Crippen LogP contribution in [0, 0.1) is 0 Å². The first-order chi connectivity index (χ1) is 8.64. The Morgan fingerprint density at radius 1 is 1.22 bits per heavy atom. The number of thioether (sulfide) groups is 1. The van der Waals surface area contributed by atoms with Crippen molar-refractivity contribution in [2.45, 2.75) is 4.93 Å². The lowest BCUT2D eigenvalue weighted by molar-refractivity contribution is -0.142. The minimum atomic E-state index is -1.00. The quantitative estimate of drug-likeness (QED) is 0.839. The van der Waals surface area contributed by atoms with E-state index in [1.54, 1.807) is 27.5 Å². The third kappa shape index (κ3) is 2.00. The van der Waals surface area contributed by atoms with Gasteiger partial charge in [-0.25, -0.2) is 0 Å².